The molecule has 2 rings (SSSR count). The number of benzene rings is 1. The van der Waals surface area contributed by atoms with Gasteiger partial charge in [-0.2, -0.15) is 0 Å². The number of methoxy groups -OCH3 is 2. The van der Waals surface area contributed by atoms with Gasteiger partial charge in [0.25, 0.3) is 0 Å². The van der Waals surface area contributed by atoms with Crippen LogP contribution in [0.15, 0.2) is 23.2 Å². The standard InChI is InChI=1S/C22H38N4O3/c1-17(2)19(26-11-13-29-14-12-26)16-24-22(23-3)25(4)10-9-18-7-8-20(27-5)21(15-18)28-6/h7-8,15,17,19H,9-14,16H2,1-6H3,(H,23,24). The Balaban J connectivity index is 1.90. The van der Waals surface area contributed by atoms with Crippen LogP contribution in [0.5, 0.6) is 11.5 Å². The van der Waals surface area contributed by atoms with E-state index in [1.165, 1.54) is 5.56 Å². The molecule has 0 bridgehead atoms. The van der Waals surface area contributed by atoms with Crippen molar-refractivity contribution in [2.45, 2.75) is 26.3 Å². The Morgan fingerprint density at radius 1 is 1.21 bits per heavy atom. The highest BCUT2D eigenvalue weighted by atomic mass is 16.5. The maximum atomic E-state index is 5.51. The monoisotopic (exact) mass is 406 g/mol. The molecule has 0 saturated carbocycles. The molecule has 0 spiro atoms. The van der Waals surface area contributed by atoms with E-state index in [4.69, 9.17) is 14.2 Å². The summed E-state index contributed by atoms with van der Waals surface area (Å²) in [7, 11) is 7.24. The minimum absolute atomic E-state index is 0.467. The maximum absolute atomic E-state index is 5.51. The second-order valence-electron chi connectivity index (χ2n) is 7.75. The fourth-order valence-corrected chi connectivity index (χ4v) is 3.71. The number of ether oxygens (including phenoxy) is 3. The Morgan fingerprint density at radius 3 is 2.48 bits per heavy atom. The van der Waals surface area contributed by atoms with Gasteiger partial charge in [-0.05, 0) is 30.0 Å². The number of aliphatic imine (C=N–C) groups is 1. The van der Waals surface area contributed by atoms with Crippen LogP contribution in [0.3, 0.4) is 0 Å². The highest BCUT2D eigenvalue weighted by molar-refractivity contribution is 5.79. The van der Waals surface area contributed by atoms with E-state index in [9.17, 15) is 0 Å². The Bertz CT molecular complexity index is 645. The van der Waals surface area contributed by atoms with Gasteiger partial charge in [-0.15, -0.1) is 0 Å². The smallest absolute Gasteiger partial charge is 0.193 e. The summed E-state index contributed by atoms with van der Waals surface area (Å²) in [5.41, 5.74) is 1.21. The Kier molecular flexibility index (Phi) is 9.54. The van der Waals surface area contributed by atoms with Crippen LogP contribution in [0.2, 0.25) is 0 Å². The molecule has 1 aromatic rings. The lowest BCUT2D eigenvalue weighted by Gasteiger charge is -2.37. The van der Waals surface area contributed by atoms with Crippen molar-refractivity contribution in [2.75, 3.05) is 67.7 Å². The first-order valence-corrected chi connectivity index (χ1v) is 10.4. The fourth-order valence-electron chi connectivity index (χ4n) is 3.71. The molecule has 1 aliphatic heterocycles. The van der Waals surface area contributed by atoms with Crippen molar-refractivity contribution in [2.24, 2.45) is 10.9 Å². The summed E-state index contributed by atoms with van der Waals surface area (Å²) in [6.07, 6.45) is 0.897. The Morgan fingerprint density at radius 2 is 1.90 bits per heavy atom. The molecule has 7 nitrogen and oxygen atoms in total. The van der Waals surface area contributed by atoms with Gasteiger partial charge in [-0.25, -0.2) is 0 Å². The zero-order valence-corrected chi connectivity index (χ0v) is 18.9. The van der Waals surface area contributed by atoms with Crippen LogP contribution < -0.4 is 14.8 Å². The molecule has 1 aromatic carbocycles. The molecule has 7 heteroatoms. The molecule has 1 heterocycles. The average Bonchev–Trinajstić information content (AvgIpc) is 2.75. The number of rotatable bonds is 9. The molecule has 0 aromatic heterocycles. The second kappa shape index (κ2) is 11.9. The third kappa shape index (κ3) is 6.78. The van der Waals surface area contributed by atoms with Gasteiger partial charge in [0.15, 0.2) is 17.5 Å². The SMILES string of the molecule is CN=C(NCC(C(C)C)N1CCOCC1)N(C)CCc1ccc(OC)c(OC)c1. The van der Waals surface area contributed by atoms with Crippen molar-refractivity contribution in [1.29, 1.82) is 0 Å². The minimum Gasteiger partial charge on any atom is -0.493 e. The van der Waals surface area contributed by atoms with Gasteiger partial charge in [-0.1, -0.05) is 19.9 Å². The summed E-state index contributed by atoms with van der Waals surface area (Å²) >= 11 is 0. The summed E-state index contributed by atoms with van der Waals surface area (Å²) in [5, 5.41) is 3.57. The van der Waals surface area contributed by atoms with Gasteiger partial charge in [-0.3, -0.25) is 9.89 Å². The first-order chi connectivity index (χ1) is 14.0. The van der Waals surface area contributed by atoms with Crippen molar-refractivity contribution in [3.05, 3.63) is 23.8 Å². The molecule has 1 atom stereocenters. The van der Waals surface area contributed by atoms with Gasteiger partial charge < -0.3 is 24.4 Å². The van der Waals surface area contributed by atoms with E-state index in [1.54, 1.807) is 14.2 Å². The van der Waals surface area contributed by atoms with E-state index in [0.717, 1.165) is 63.3 Å². The molecule has 0 aliphatic carbocycles. The fraction of sp³-hybridized carbons (Fsp3) is 0.682. The quantitative estimate of drug-likeness (QED) is 0.501. The summed E-state index contributed by atoms with van der Waals surface area (Å²) < 4.78 is 16.2. The van der Waals surface area contributed by atoms with E-state index in [1.807, 2.05) is 19.2 Å². The van der Waals surface area contributed by atoms with Gasteiger partial charge in [0.2, 0.25) is 0 Å². The van der Waals surface area contributed by atoms with Gasteiger partial charge >= 0.3 is 0 Å². The van der Waals surface area contributed by atoms with Crippen molar-refractivity contribution in [3.63, 3.8) is 0 Å². The normalized spacial score (nSPS) is 16.6. The molecule has 1 saturated heterocycles. The highest BCUT2D eigenvalue weighted by Crippen LogP contribution is 2.27. The van der Waals surface area contributed by atoms with Crippen LogP contribution in [-0.2, 0) is 11.2 Å². The number of guanidine groups is 1. The summed E-state index contributed by atoms with van der Waals surface area (Å²) in [4.78, 5) is 9.18. The van der Waals surface area contributed by atoms with Crippen molar-refractivity contribution >= 4 is 5.96 Å². The third-order valence-electron chi connectivity index (χ3n) is 5.51. The maximum Gasteiger partial charge on any atom is 0.193 e. The largest absolute Gasteiger partial charge is 0.493 e. The molecule has 29 heavy (non-hydrogen) atoms. The summed E-state index contributed by atoms with van der Waals surface area (Å²) in [6.45, 7) is 9.95. The first kappa shape index (κ1) is 23.3. The second-order valence-corrected chi connectivity index (χ2v) is 7.75. The minimum atomic E-state index is 0.467. The summed E-state index contributed by atoms with van der Waals surface area (Å²) in [6, 6.07) is 6.54. The van der Waals surface area contributed by atoms with Crippen LogP contribution in [0.1, 0.15) is 19.4 Å². The number of likely N-dealkylation sites (N-methyl/N-ethyl adjacent to an activating group) is 1. The Hall–Kier alpha value is -1.99. The van der Waals surface area contributed by atoms with Crippen molar-refractivity contribution in [1.82, 2.24) is 15.1 Å². The van der Waals surface area contributed by atoms with Gasteiger partial charge in [0.1, 0.15) is 0 Å². The van der Waals surface area contributed by atoms with E-state index in [2.05, 4.69) is 47.1 Å². The lowest BCUT2D eigenvalue weighted by Crippen LogP contribution is -2.52. The first-order valence-electron chi connectivity index (χ1n) is 10.4. The highest BCUT2D eigenvalue weighted by Gasteiger charge is 2.24. The number of nitrogens with one attached hydrogen (secondary N) is 1. The average molecular weight is 407 g/mol. The van der Waals surface area contributed by atoms with Crippen LogP contribution in [0.4, 0.5) is 0 Å². The van der Waals surface area contributed by atoms with E-state index in [-0.39, 0.29) is 0 Å². The lowest BCUT2D eigenvalue weighted by atomic mass is 10.0. The van der Waals surface area contributed by atoms with Crippen LogP contribution in [0, 0.1) is 5.92 Å². The van der Waals surface area contributed by atoms with Crippen molar-refractivity contribution < 1.29 is 14.2 Å². The molecule has 1 N–H and O–H groups in total. The number of hydrogen-bond donors (Lipinski definition) is 1. The molecular weight excluding hydrogens is 368 g/mol. The molecule has 164 valence electrons. The predicted molar refractivity (Wildman–Crippen MR) is 118 cm³/mol. The molecule has 1 fully saturated rings. The van der Waals surface area contributed by atoms with Gasteiger partial charge in [0.05, 0.1) is 27.4 Å². The molecule has 1 aliphatic rings. The molecule has 0 amide bonds. The summed E-state index contributed by atoms with van der Waals surface area (Å²) in [5.74, 6) is 3.01. The zero-order valence-electron chi connectivity index (χ0n) is 18.9. The van der Waals surface area contributed by atoms with E-state index < -0.39 is 0 Å². The van der Waals surface area contributed by atoms with E-state index >= 15 is 0 Å². The zero-order chi connectivity index (χ0) is 21.2. The lowest BCUT2D eigenvalue weighted by molar-refractivity contribution is 0.00742. The van der Waals surface area contributed by atoms with Crippen LogP contribution in [0.25, 0.3) is 0 Å². The molecule has 1 unspecified atom stereocenters. The molecule has 0 radical (unpaired) electrons. The topological polar surface area (TPSA) is 58.6 Å². The van der Waals surface area contributed by atoms with Crippen LogP contribution >= 0.6 is 0 Å². The number of morpholine rings is 1. The number of nitrogens with zero attached hydrogens (tertiary/aromatic N) is 3. The molecular formula is C22H38N4O3. The van der Waals surface area contributed by atoms with Crippen LogP contribution in [-0.4, -0.2) is 89.5 Å². The van der Waals surface area contributed by atoms with Gasteiger partial charge in [0, 0.05) is 46.3 Å². The predicted octanol–water partition coefficient (Wildman–Crippen LogP) is 2.11. The van der Waals surface area contributed by atoms with Crippen molar-refractivity contribution in [3.8, 4) is 11.5 Å². The third-order valence-corrected chi connectivity index (χ3v) is 5.51. The number of hydrogen-bond acceptors (Lipinski definition) is 5. The Labute approximate surface area is 176 Å². The van der Waals surface area contributed by atoms with E-state index in [0.29, 0.717) is 12.0 Å².